The van der Waals surface area contributed by atoms with Gasteiger partial charge in [0.2, 0.25) is 5.91 Å². The van der Waals surface area contributed by atoms with Crippen molar-refractivity contribution in [2.45, 2.75) is 52.6 Å². The van der Waals surface area contributed by atoms with Crippen molar-refractivity contribution in [2.24, 2.45) is 0 Å². The first-order chi connectivity index (χ1) is 21.6. The lowest BCUT2D eigenvalue weighted by atomic mass is 9.99. The van der Waals surface area contributed by atoms with Crippen molar-refractivity contribution in [3.05, 3.63) is 75.6 Å². The molecule has 5 aromatic rings. The predicted octanol–water partition coefficient (Wildman–Crippen LogP) is 5.13. The van der Waals surface area contributed by atoms with E-state index < -0.39 is 5.69 Å². The van der Waals surface area contributed by atoms with Gasteiger partial charge in [-0.05, 0) is 56.0 Å². The van der Waals surface area contributed by atoms with E-state index in [9.17, 15) is 9.59 Å². The summed E-state index contributed by atoms with van der Waals surface area (Å²) in [4.78, 5) is 45.7. The van der Waals surface area contributed by atoms with Gasteiger partial charge in [0.1, 0.15) is 5.82 Å². The van der Waals surface area contributed by atoms with E-state index in [0.29, 0.717) is 58.6 Å². The van der Waals surface area contributed by atoms with Crippen molar-refractivity contribution in [2.75, 3.05) is 29.9 Å². The molecule has 2 unspecified atom stereocenters. The predicted molar refractivity (Wildman–Crippen MR) is 178 cm³/mol. The molecule has 0 bridgehead atoms. The number of rotatable bonds is 4. The number of pyridine rings is 2. The van der Waals surface area contributed by atoms with E-state index in [1.807, 2.05) is 39.0 Å². The lowest BCUT2D eigenvalue weighted by Gasteiger charge is -2.45. The normalized spacial score (nSPS) is 17.8. The van der Waals surface area contributed by atoms with E-state index in [1.54, 1.807) is 21.9 Å². The SMILES string of the molecule is C=CC(=O)N1CC(C)N2c3nc(=O)n(-c4c(C)ccnc4C(C)C)c4nc(-c5c(C)ccc6[nH]ncc56)c(Cl)c(c34)NCC2C1. The number of halogens is 1. The number of anilines is 2. The summed E-state index contributed by atoms with van der Waals surface area (Å²) in [6, 6.07) is 5.55. The number of hydrogen-bond acceptors (Lipinski definition) is 8. The molecule has 7 rings (SSSR count). The minimum Gasteiger partial charge on any atom is -0.381 e. The first kappa shape index (κ1) is 29.0. The number of aromatic amines is 1. The average molecular weight is 624 g/mol. The van der Waals surface area contributed by atoms with Crippen LogP contribution in [0.3, 0.4) is 0 Å². The third-order valence-corrected chi connectivity index (χ3v) is 9.34. The molecule has 0 aliphatic carbocycles. The van der Waals surface area contributed by atoms with Crippen LogP contribution in [-0.4, -0.2) is 72.2 Å². The van der Waals surface area contributed by atoms with Crippen molar-refractivity contribution in [3.8, 4) is 16.9 Å². The zero-order chi connectivity index (χ0) is 31.7. The molecule has 2 aliphatic heterocycles. The van der Waals surface area contributed by atoms with Gasteiger partial charge in [-0.15, -0.1) is 0 Å². The Morgan fingerprint density at radius 1 is 1.16 bits per heavy atom. The lowest BCUT2D eigenvalue weighted by molar-refractivity contribution is -0.127. The quantitative estimate of drug-likeness (QED) is 0.264. The van der Waals surface area contributed by atoms with E-state index >= 15 is 0 Å². The molecule has 11 nitrogen and oxygen atoms in total. The van der Waals surface area contributed by atoms with Gasteiger partial charge in [0.05, 0.1) is 50.9 Å². The van der Waals surface area contributed by atoms with Gasteiger partial charge in [0.25, 0.3) is 0 Å². The Morgan fingerprint density at radius 3 is 2.71 bits per heavy atom. The number of hydrogen-bond donors (Lipinski definition) is 2. The standard InChI is InChI=1S/C33H34ClN9O2/c1-7-23(44)41-14-19(6)42-20(15-41)12-36-28-25-31(38-29(26(28)34)24-17(4)8-9-22-21(24)13-37-40-22)43(33(45)39-32(25)42)30-18(5)10-11-35-27(30)16(2)3/h7-11,13,16,19-20,36H,1,12,14-15H2,2-6H3,(H,37,40). The van der Waals surface area contributed by atoms with E-state index in [0.717, 1.165) is 33.3 Å². The number of aromatic nitrogens is 6. The summed E-state index contributed by atoms with van der Waals surface area (Å²) < 4.78 is 1.59. The molecule has 4 aromatic heterocycles. The van der Waals surface area contributed by atoms with Crippen molar-refractivity contribution in [1.29, 1.82) is 0 Å². The number of piperazine rings is 1. The smallest absolute Gasteiger partial charge is 0.355 e. The van der Waals surface area contributed by atoms with Gasteiger partial charge in [-0.3, -0.25) is 14.9 Å². The molecule has 0 saturated carbocycles. The summed E-state index contributed by atoms with van der Waals surface area (Å²) >= 11 is 7.35. The van der Waals surface area contributed by atoms with Gasteiger partial charge in [0.15, 0.2) is 5.65 Å². The van der Waals surface area contributed by atoms with Crippen molar-refractivity contribution in [1.82, 2.24) is 34.6 Å². The first-order valence-electron chi connectivity index (χ1n) is 15.1. The third-order valence-electron chi connectivity index (χ3n) is 8.97. The number of nitrogens with zero attached hydrogens (tertiary/aromatic N) is 7. The largest absolute Gasteiger partial charge is 0.381 e. The third kappa shape index (κ3) is 4.40. The fourth-order valence-corrected chi connectivity index (χ4v) is 7.21. The van der Waals surface area contributed by atoms with Crippen molar-refractivity contribution < 1.29 is 4.79 Å². The number of nitrogens with one attached hydrogen (secondary N) is 2. The molecule has 12 heteroatoms. The van der Waals surface area contributed by atoms with E-state index in [2.05, 4.69) is 40.8 Å². The summed E-state index contributed by atoms with van der Waals surface area (Å²) in [6.45, 7) is 15.2. The summed E-state index contributed by atoms with van der Waals surface area (Å²) in [5, 5.41) is 12.9. The Morgan fingerprint density at radius 2 is 1.96 bits per heavy atom. The molecule has 230 valence electrons. The van der Waals surface area contributed by atoms with Crippen LogP contribution in [0.4, 0.5) is 11.5 Å². The van der Waals surface area contributed by atoms with Crippen LogP contribution in [0.15, 0.2) is 48.0 Å². The van der Waals surface area contributed by atoms with E-state index in [-0.39, 0.29) is 23.9 Å². The van der Waals surface area contributed by atoms with E-state index in [4.69, 9.17) is 26.6 Å². The summed E-state index contributed by atoms with van der Waals surface area (Å²) in [5.74, 6) is 0.403. The molecule has 0 spiro atoms. The summed E-state index contributed by atoms with van der Waals surface area (Å²) in [6.07, 6.45) is 4.87. The number of aryl methyl sites for hydroxylation is 2. The Hall–Kier alpha value is -4.77. The summed E-state index contributed by atoms with van der Waals surface area (Å²) in [7, 11) is 0. The lowest BCUT2D eigenvalue weighted by Crippen LogP contribution is -2.61. The van der Waals surface area contributed by atoms with Crippen LogP contribution in [0.1, 0.15) is 43.5 Å². The molecule has 2 atom stereocenters. The van der Waals surface area contributed by atoms with Crippen LogP contribution in [0.25, 0.3) is 38.9 Å². The minimum absolute atomic E-state index is 0.0309. The fourth-order valence-electron chi connectivity index (χ4n) is 6.91. The zero-order valence-corrected chi connectivity index (χ0v) is 26.6. The second kappa shape index (κ2) is 10.7. The van der Waals surface area contributed by atoms with E-state index in [1.165, 1.54) is 6.08 Å². The number of benzene rings is 1. The Balaban J connectivity index is 1.60. The summed E-state index contributed by atoms with van der Waals surface area (Å²) in [5.41, 5.74) is 6.10. The topological polar surface area (TPSA) is 125 Å². The molecule has 6 heterocycles. The van der Waals surface area contributed by atoms with Crippen LogP contribution >= 0.6 is 11.6 Å². The van der Waals surface area contributed by atoms with Crippen molar-refractivity contribution in [3.63, 3.8) is 0 Å². The highest BCUT2D eigenvalue weighted by Crippen LogP contribution is 2.46. The maximum absolute atomic E-state index is 14.4. The second-order valence-corrected chi connectivity index (χ2v) is 12.6. The van der Waals surface area contributed by atoms with Gasteiger partial charge in [-0.2, -0.15) is 10.1 Å². The van der Waals surface area contributed by atoms with Crippen molar-refractivity contribution >= 4 is 50.9 Å². The molecule has 1 amide bonds. The molecule has 2 aliphatic rings. The molecule has 1 saturated heterocycles. The van der Waals surface area contributed by atoms with Crippen LogP contribution in [0, 0.1) is 13.8 Å². The monoisotopic (exact) mass is 623 g/mol. The Labute approximate surface area is 264 Å². The number of amides is 1. The van der Waals surface area contributed by atoms with Crippen LogP contribution < -0.4 is 15.9 Å². The Bertz CT molecular complexity index is 2100. The van der Waals surface area contributed by atoms with Crippen LogP contribution in [0.2, 0.25) is 5.02 Å². The van der Waals surface area contributed by atoms with Crippen LogP contribution in [-0.2, 0) is 4.79 Å². The maximum Gasteiger partial charge on any atom is 0.355 e. The van der Waals surface area contributed by atoms with Gasteiger partial charge >= 0.3 is 5.69 Å². The molecule has 0 radical (unpaired) electrons. The molecular weight excluding hydrogens is 590 g/mol. The minimum atomic E-state index is -0.460. The number of carbonyl (C=O) groups excluding carboxylic acids is 1. The highest BCUT2D eigenvalue weighted by Gasteiger charge is 2.39. The average Bonchev–Trinajstić information content (AvgIpc) is 3.42. The number of H-pyrrole nitrogens is 1. The number of fused-ring (bicyclic) bond motifs is 3. The first-order valence-corrected chi connectivity index (χ1v) is 15.5. The molecule has 1 aromatic carbocycles. The Kier molecular flexibility index (Phi) is 6.88. The second-order valence-electron chi connectivity index (χ2n) is 12.2. The van der Waals surface area contributed by atoms with Gasteiger partial charge in [-0.25, -0.2) is 14.3 Å². The van der Waals surface area contributed by atoms with Gasteiger partial charge < -0.3 is 15.1 Å². The molecule has 45 heavy (non-hydrogen) atoms. The van der Waals surface area contributed by atoms with Gasteiger partial charge in [0, 0.05) is 42.8 Å². The zero-order valence-electron chi connectivity index (χ0n) is 25.8. The molecular formula is C33H34ClN9O2. The molecule has 1 fully saturated rings. The highest BCUT2D eigenvalue weighted by molar-refractivity contribution is 6.38. The maximum atomic E-state index is 14.4. The van der Waals surface area contributed by atoms with Crippen LogP contribution in [0.5, 0.6) is 0 Å². The highest BCUT2D eigenvalue weighted by atomic mass is 35.5. The fraction of sp³-hybridized carbons (Fsp3) is 0.333. The molecule has 2 N–H and O–H groups in total. The number of carbonyl (C=O) groups is 1. The van der Waals surface area contributed by atoms with Gasteiger partial charge in [-0.1, -0.05) is 38.1 Å².